The first kappa shape index (κ1) is 27.7. The fraction of sp³-hybridized carbons (Fsp3) is 1.00. The van der Waals surface area contributed by atoms with E-state index in [1.165, 1.54) is 6.42 Å². The molecular weight excluding hydrogens is 449 g/mol. The van der Waals surface area contributed by atoms with Crippen LogP contribution in [0.1, 0.15) is 117 Å². The molecule has 0 aliphatic heterocycles. The first-order chi connectivity index (χ1) is 16.9. The highest BCUT2D eigenvalue weighted by molar-refractivity contribution is 4.94. The highest BCUT2D eigenvalue weighted by atomic mass is 19.2. The Balaban J connectivity index is 1.20. The van der Waals surface area contributed by atoms with E-state index in [2.05, 4.69) is 13.8 Å². The summed E-state index contributed by atoms with van der Waals surface area (Å²) in [5.74, 6) is 1.90. The molecule has 35 heavy (non-hydrogen) atoms. The maximum absolute atomic E-state index is 15.1. The molecule has 4 saturated carbocycles. The quantitative estimate of drug-likeness (QED) is 0.339. The number of aliphatic hydroxyl groups excluding tert-OH is 1. The van der Waals surface area contributed by atoms with Gasteiger partial charge in [-0.25, -0.2) is 13.2 Å². The van der Waals surface area contributed by atoms with Crippen LogP contribution in [0.2, 0.25) is 0 Å². The standard InChI is InChI=1S/C30H51F3O2/c1-3-5-20-8-15-24(26(31)18-20)21-11-13-23(14-12-21)30(34)35-27-17-16-25(28(32)29(27)33)22-9-6-19(4-2)7-10-22/h19-30,34H,3-18H2,1-2H3. The second-order valence-electron chi connectivity index (χ2n) is 12.7. The van der Waals surface area contributed by atoms with Gasteiger partial charge in [-0.1, -0.05) is 46.0 Å². The lowest BCUT2D eigenvalue weighted by Crippen LogP contribution is -2.47. The van der Waals surface area contributed by atoms with Gasteiger partial charge in [-0.15, -0.1) is 0 Å². The average Bonchev–Trinajstić information content (AvgIpc) is 2.87. The summed E-state index contributed by atoms with van der Waals surface area (Å²) >= 11 is 0. The van der Waals surface area contributed by atoms with Gasteiger partial charge in [-0.2, -0.15) is 0 Å². The maximum atomic E-state index is 15.1. The summed E-state index contributed by atoms with van der Waals surface area (Å²) < 4.78 is 50.9. The van der Waals surface area contributed by atoms with Crippen LogP contribution in [0.4, 0.5) is 13.2 Å². The number of rotatable bonds is 8. The van der Waals surface area contributed by atoms with Crippen LogP contribution in [-0.2, 0) is 4.74 Å². The number of alkyl halides is 3. The Bertz CT molecular complexity index is 617. The SMILES string of the molecule is CCCC1CCC(C2CCC(C(O)OC3CCC(C4CCC(CC)CC4)C(F)C3F)CC2)C(F)C1. The minimum absolute atomic E-state index is 0.0481. The van der Waals surface area contributed by atoms with Crippen LogP contribution in [0.25, 0.3) is 0 Å². The van der Waals surface area contributed by atoms with Crippen LogP contribution in [0.15, 0.2) is 0 Å². The monoisotopic (exact) mass is 500 g/mol. The van der Waals surface area contributed by atoms with Gasteiger partial charge < -0.3 is 9.84 Å². The van der Waals surface area contributed by atoms with E-state index in [1.807, 2.05) is 0 Å². The van der Waals surface area contributed by atoms with Gasteiger partial charge in [0, 0.05) is 5.92 Å². The van der Waals surface area contributed by atoms with Gasteiger partial charge in [0.15, 0.2) is 12.5 Å². The topological polar surface area (TPSA) is 29.5 Å². The zero-order chi connectivity index (χ0) is 24.9. The minimum Gasteiger partial charge on any atom is -0.368 e. The molecule has 0 saturated heterocycles. The highest BCUT2D eigenvalue weighted by Gasteiger charge is 2.46. The van der Waals surface area contributed by atoms with Crippen molar-refractivity contribution in [3.63, 3.8) is 0 Å². The summed E-state index contributed by atoms with van der Waals surface area (Å²) in [5, 5.41) is 10.8. The number of halogens is 3. The van der Waals surface area contributed by atoms with Gasteiger partial charge in [0.2, 0.25) is 0 Å². The predicted octanol–water partition coefficient (Wildman–Crippen LogP) is 8.35. The molecule has 5 heteroatoms. The summed E-state index contributed by atoms with van der Waals surface area (Å²) in [4.78, 5) is 0. The van der Waals surface area contributed by atoms with Crippen molar-refractivity contribution in [1.82, 2.24) is 0 Å². The van der Waals surface area contributed by atoms with Crippen molar-refractivity contribution in [2.24, 2.45) is 41.4 Å². The molecule has 8 atom stereocenters. The molecule has 4 aliphatic carbocycles. The van der Waals surface area contributed by atoms with E-state index in [0.29, 0.717) is 30.6 Å². The van der Waals surface area contributed by atoms with Gasteiger partial charge in [0.1, 0.15) is 12.3 Å². The molecule has 0 aromatic carbocycles. The Labute approximate surface area is 212 Å². The number of aliphatic hydroxyl groups is 1. The van der Waals surface area contributed by atoms with Crippen molar-refractivity contribution in [1.29, 1.82) is 0 Å². The van der Waals surface area contributed by atoms with Crippen molar-refractivity contribution >= 4 is 0 Å². The van der Waals surface area contributed by atoms with E-state index >= 15 is 8.78 Å². The smallest absolute Gasteiger partial charge is 0.157 e. The third kappa shape index (κ3) is 6.78. The highest BCUT2D eigenvalue weighted by Crippen LogP contribution is 2.46. The second kappa shape index (κ2) is 13.0. The zero-order valence-corrected chi connectivity index (χ0v) is 22.2. The Morgan fingerprint density at radius 1 is 0.714 bits per heavy atom. The molecule has 0 spiro atoms. The van der Waals surface area contributed by atoms with Crippen molar-refractivity contribution in [3.8, 4) is 0 Å². The normalized spacial score (nSPS) is 46.3. The molecule has 0 aromatic heterocycles. The van der Waals surface area contributed by atoms with Crippen LogP contribution in [0.3, 0.4) is 0 Å². The largest absolute Gasteiger partial charge is 0.368 e. The Hall–Kier alpha value is -0.290. The Morgan fingerprint density at radius 3 is 1.94 bits per heavy atom. The molecule has 1 N–H and O–H groups in total. The molecule has 0 aromatic rings. The Morgan fingerprint density at radius 2 is 1.31 bits per heavy atom. The number of ether oxygens (including phenoxy) is 1. The van der Waals surface area contributed by atoms with Crippen molar-refractivity contribution in [2.75, 3.05) is 0 Å². The number of hydrogen-bond donors (Lipinski definition) is 1. The summed E-state index contributed by atoms with van der Waals surface area (Å²) in [6.45, 7) is 4.40. The second-order valence-corrected chi connectivity index (χ2v) is 12.7. The molecule has 8 unspecified atom stereocenters. The van der Waals surface area contributed by atoms with Crippen molar-refractivity contribution < 1.29 is 23.0 Å². The summed E-state index contributed by atoms with van der Waals surface area (Å²) in [7, 11) is 0. The van der Waals surface area contributed by atoms with Crippen molar-refractivity contribution in [3.05, 3.63) is 0 Å². The number of hydrogen-bond acceptors (Lipinski definition) is 2. The van der Waals surface area contributed by atoms with Crippen LogP contribution >= 0.6 is 0 Å². The van der Waals surface area contributed by atoms with E-state index < -0.39 is 30.9 Å². The maximum Gasteiger partial charge on any atom is 0.157 e. The average molecular weight is 501 g/mol. The zero-order valence-electron chi connectivity index (χ0n) is 22.2. The van der Waals surface area contributed by atoms with Gasteiger partial charge in [-0.3, -0.25) is 0 Å². The fourth-order valence-corrected chi connectivity index (χ4v) is 8.35. The fourth-order valence-electron chi connectivity index (χ4n) is 8.35. The Kier molecular flexibility index (Phi) is 10.3. The predicted molar refractivity (Wildman–Crippen MR) is 135 cm³/mol. The molecule has 4 aliphatic rings. The summed E-state index contributed by atoms with van der Waals surface area (Å²) in [6.07, 6.45) is 9.51. The minimum atomic E-state index is -1.64. The lowest BCUT2D eigenvalue weighted by molar-refractivity contribution is -0.206. The van der Waals surface area contributed by atoms with Gasteiger partial charge in [0.25, 0.3) is 0 Å². The first-order valence-electron chi connectivity index (χ1n) is 15.2. The lowest BCUT2D eigenvalue weighted by Gasteiger charge is -2.43. The molecule has 4 fully saturated rings. The van der Waals surface area contributed by atoms with E-state index in [0.717, 1.165) is 89.4 Å². The van der Waals surface area contributed by atoms with Crippen molar-refractivity contribution in [2.45, 2.75) is 147 Å². The van der Waals surface area contributed by atoms with Crippen LogP contribution in [-0.4, -0.2) is 36.0 Å². The third-order valence-corrected chi connectivity index (χ3v) is 10.7. The molecule has 0 amide bonds. The van der Waals surface area contributed by atoms with Crippen LogP contribution in [0, 0.1) is 41.4 Å². The van der Waals surface area contributed by atoms with Crippen LogP contribution < -0.4 is 0 Å². The van der Waals surface area contributed by atoms with Crippen LogP contribution in [0.5, 0.6) is 0 Å². The molecular formula is C30H51F3O2. The molecule has 0 radical (unpaired) electrons. The van der Waals surface area contributed by atoms with E-state index in [1.54, 1.807) is 0 Å². The summed E-state index contributed by atoms with van der Waals surface area (Å²) in [5.41, 5.74) is 0. The van der Waals surface area contributed by atoms with E-state index in [9.17, 15) is 9.50 Å². The lowest BCUT2D eigenvalue weighted by atomic mass is 9.67. The molecule has 0 bridgehead atoms. The van der Waals surface area contributed by atoms with Gasteiger partial charge in [-0.05, 0) is 106 Å². The molecule has 0 heterocycles. The third-order valence-electron chi connectivity index (χ3n) is 10.7. The summed E-state index contributed by atoms with van der Waals surface area (Å²) in [6, 6.07) is 0. The molecule has 4 rings (SSSR count). The molecule has 204 valence electrons. The van der Waals surface area contributed by atoms with Gasteiger partial charge in [0.05, 0.1) is 6.10 Å². The van der Waals surface area contributed by atoms with E-state index in [4.69, 9.17) is 4.74 Å². The first-order valence-corrected chi connectivity index (χ1v) is 15.2. The molecule has 2 nitrogen and oxygen atoms in total. The van der Waals surface area contributed by atoms with E-state index in [-0.39, 0.29) is 17.8 Å². The van der Waals surface area contributed by atoms with Gasteiger partial charge >= 0.3 is 0 Å².